The number of Topliss-reactive ketones (excluding diaryl/α,β-unsaturated/α-hetero) is 1. The van der Waals surface area contributed by atoms with Gasteiger partial charge in [0, 0.05) is 37.3 Å². The number of fused-ring (bicyclic) bond motifs is 1. The molecule has 0 unspecified atom stereocenters. The van der Waals surface area contributed by atoms with E-state index in [1.807, 2.05) is 13.8 Å². The summed E-state index contributed by atoms with van der Waals surface area (Å²) in [5, 5.41) is 5.15. The van der Waals surface area contributed by atoms with Crippen LogP contribution in [0.1, 0.15) is 43.7 Å². The number of benzene rings is 2. The van der Waals surface area contributed by atoms with E-state index in [1.165, 1.54) is 3.97 Å². The molecule has 2 aromatic heterocycles. The standard InChI is InChI=1S/C27H30ClN3O5S/c1-18-5-9-21(10-6-18)37(33,34)31-17-23(19(2)7-8-20(3)32)22-15-26(24(28)16-25(22)31)35-13-14-36-27-11-12-30(4)29-27/h5-6,9-12,15-17,19H,7-8,13-14H2,1-4H3/t19-/m0/s1. The lowest BCUT2D eigenvalue weighted by molar-refractivity contribution is -0.117. The predicted molar refractivity (Wildman–Crippen MR) is 143 cm³/mol. The first-order valence-electron chi connectivity index (χ1n) is 12.0. The summed E-state index contributed by atoms with van der Waals surface area (Å²) in [6, 6.07) is 11.8. The molecule has 2 heterocycles. The molecule has 196 valence electrons. The van der Waals surface area contributed by atoms with Crippen LogP contribution >= 0.6 is 11.6 Å². The highest BCUT2D eigenvalue weighted by atomic mass is 35.5. The van der Waals surface area contributed by atoms with E-state index in [-0.39, 0.29) is 34.8 Å². The Balaban J connectivity index is 1.69. The Hall–Kier alpha value is -3.30. The Morgan fingerprint density at radius 1 is 1.11 bits per heavy atom. The van der Waals surface area contributed by atoms with Crippen LogP contribution < -0.4 is 9.47 Å². The second-order valence-electron chi connectivity index (χ2n) is 9.16. The van der Waals surface area contributed by atoms with Crippen molar-refractivity contribution in [3.63, 3.8) is 0 Å². The highest BCUT2D eigenvalue weighted by Crippen LogP contribution is 2.38. The summed E-state index contributed by atoms with van der Waals surface area (Å²) in [7, 11) is -2.08. The molecule has 4 aromatic rings. The van der Waals surface area contributed by atoms with Gasteiger partial charge in [-0.1, -0.05) is 36.2 Å². The van der Waals surface area contributed by atoms with Crippen molar-refractivity contribution < 1.29 is 22.7 Å². The molecule has 8 nitrogen and oxygen atoms in total. The van der Waals surface area contributed by atoms with Crippen molar-refractivity contribution in [1.82, 2.24) is 13.8 Å². The Labute approximate surface area is 221 Å². The van der Waals surface area contributed by atoms with Crippen molar-refractivity contribution in [2.75, 3.05) is 13.2 Å². The summed E-state index contributed by atoms with van der Waals surface area (Å²) in [6.07, 6.45) is 4.41. The van der Waals surface area contributed by atoms with Gasteiger partial charge in [-0.2, -0.15) is 0 Å². The van der Waals surface area contributed by atoms with E-state index in [0.29, 0.717) is 35.4 Å². The Bertz CT molecular complexity index is 1520. The molecule has 0 spiro atoms. The van der Waals surface area contributed by atoms with E-state index in [9.17, 15) is 13.2 Å². The largest absolute Gasteiger partial charge is 0.488 e. The minimum Gasteiger partial charge on any atom is -0.488 e. The van der Waals surface area contributed by atoms with Crippen LogP contribution in [0.3, 0.4) is 0 Å². The number of aryl methyl sites for hydroxylation is 2. The lowest BCUT2D eigenvalue weighted by Crippen LogP contribution is -2.12. The quantitative estimate of drug-likeness (QED) is 0.232. The van der Waals surface area contributed by atoms with E-state index >= 15 is 0 Å². The summed E-state index contributed by atoms with van der Waals surface area (Å²) < 4.78 is 41.6. The second kappa shape index (κ2) is 11.0. The van der Waals surface area contributed by atoms with Gasteiger partial charge < -0.3 is 14.3 Å². The van der Waals surface area contributed by atoms with Crippen LogP contribution in [0.5, 0.6) is 11.6 Å². The number of aromatic nitrogens is 3. The first kappa shape index (κ1) is 26.8. The van der Waals surface area contributed by atoms with Gasteiger partial charge in [-0.15, -0.1) is 5.10 Å². The lowest BCUT2D eigenvalue weighted by Gasteiger charge is -2.12. The van der Waals surface area contributed by atoms with E-state index in [2.05, 4.69) is 5.10 Å². The fourth-order valence-corrected chi connectivity index (χ4v) is 5.67. The third-order valence-corrected chi connectivity index (χ3v) is 8.16. The molecule has 0 fully saturated rings. The molecular weight excluding hydrogens is 514 g/mol. The molecule has 0 saturated heterocycles. The summed E-state index contributed by atoms with van der Waals surface area (Å²) in [5.74, 6) is 0.933. The zero-order chi connectivity index (χ0) is 26.7. The second-order valence-corrected chi connectivity index (χ2v) is 11.4. The van der Waals surface area contributed by atoms with Gasteiger partial charge in [-0.05, 0) is 56.0 Å². The smallest absolute Gasteiger partial charge is 0.268 e. The Morgan fingerprint density at radius 2 is 1.81 bits per heavy atom. The lowest BCUT2D eigenvalue weighted by atomic mass is 9.95. The van der Waals surface area contributed by atoms with Crippen molar-refractivity contribution in [3.8, 4) is 11.6 Å². The highest BCUT2D eigenvalue weighted by Gasteiger charge is 2.25. The summed E-state index contributed by atoms with van der Waals surface area (Å²) in [4.78, 5) is 11.8. The fraction of sp³-hybridized carbons (Fsp3) is 0.333. The molecule has 0 saturated carbocycles. The molecule has 10 heteroatoms. The van der Waals surface area contributed by atoms with Crippen molar-refractivity contribution in [1.29, 1.82) is 0 Å². The minimum atomic E-state index is -3.88. The topological polar surface area (TPSA) is 92.4 Å². The Morgan fingerprint density at radius 3 is 2.46 bits per heavy atom. The van der Waals surface area contributed by atoms with Crippen LogP contribution in [0.2, 0.25) is 5.02 Å². The third-order valence-electron chi connectivity index (χ3n) is 6.17. The van der Waals surface area contributed by atoms with Crippen LogP contribution in [0.25, 0.3) is 10.9 Å². The molecule has 0 amide bonds. The van der Waals surface area contributed by atoms with Gasteiger partial charge in [0.25, 0.3) is 10.0 Å². The molecule has 37 heavy (non-hydrogen) atoms. The summed E-state index contributed by atoms with van der Waals surface area (Å²) in [6.45, 7) is 5.92. The molecular formula is C27H30ClN3O5S. The fourth-order valence-electron chi connectivity index (χ4n) is 4.09. The number of hydrogen-bond donors (Lipinski definition) is 0. The average molecular weight is 544 g/mol. The number of nitrogens with zero attached hydrogens (tertiary/aromatic N) is 3. The van der Waals surface area contributed by atoms with Gasteiger partial charge >= 0.3 is 0 Å². The molecule has 1 atom stereocenters. The van der Waals surface area contributed by atoms with E-state index < -0.39 is 10.0 Å². The van der Waals surface area contributed by atoms with Crippen LogP contribution in [-0.2, 0) is 21.9 Å². The molecule has 0 aliphatic rings. The molecule has 0 bridgehead atoms. The van der Waals surface area contributed by atoms with Gasteiger partial charge in [0.05, 0.1) is 15.4 Å². The first-order valence-corrected chi connectivity index (χ1v) is 13.8. The zero-order valence-corrected chi connectivity index (χ0v) is 22.8. The van der Waals surface area contributed by atoms with Crippen LogP contribution in [0.4, 0.5) is 0 Å². The number of halogens is 1. The molecule has 0 radical (unpaired) electrons. The number of ether oxygens (including phenoxy) is 2. The highest BCUT2D eigenvalue weighted by molar-refractivity contribution is 7.90. The van der Waals surface area contributed by atoms with Crippen molar-refractivity contribution >= 4 is 38.3 Å². The number of carbonyl (C=O) groups is 1. The maximum absolute atomic E-state index is 13.6. The zero-order valence-electron chi connectivity index (χ0n) is 21.3. The van der Waals surface area contributed by atoms with Gasteiger partial charge in [0.2, 0.25) is 5.88 Å². The molecule has 0 aliphatic carbocycles. The van der Waals surface area contributed by atoms with E-state index in [0.717, 1.165) is 11.1 Å². The number of rotatable bonds is 11. The van der Waals surface area contributed by atoms with E-state index in [4.69, 9.17) is 21.1 Å². The normalized spacial score (nSPS) is 12.6. The average Bonchev–Trinajstić information content (AvgIpc) is 3.44. The molecule has 0 aliphatic heterocycles. The van der Waals surface area contributed by atoms with Gasteiger partial charge in [0.1, 0.15) is 24.7 Å². The predicted octanol–water partition coefficient (Wildman–Crippen LogP) is 5.50. The molecule has 2 aromatic carbocycles. The Kier molecular flexibility index (Phi) is 7.94. The maximum Gasteiger partial charge on any atom is 0.268 e. The van der Waals surface area contributed by atoms with Crippen molar-refractivity contribution in [3.05, 3.63) is 71.0 Å². The number of carbonyl (C=O) groups excluding carboxylic acids is 1. The van der Waals surface area contributed by atoms with Gasteiger partial charge in [-0.25, -0.2) is 12.4 Å². The molecule has 0 N–H and O–H groups in total. The van der Waals surface area contributed by atoms with Gasteiger partial charge in [-0.3, -0.25) is 4.68 Å². The maximum atomic E-state index is 13.6. The monoisotopic (exact) mass is 543 g/mol. The number of hydrogen-bond acceptors (Lipinski definition) is 6. The van der Waals surface area contributed by atoms with Crippen molar-refractivity contribution in [2.45, 2.75) is 44.4 Å². The summed E-state index contributed by atoms with van der Waals surface area (Å²) >= 11 is 6.55. The van der Waals surface area contributed by atoms with Gasteiger partial charge in [0.15, 0.2) is 0 Å². The summed E-state index contributed by atoms with van der Waals surface area (Å²) in [5.41, 5.74) is 2.22. The van der Waals surface area contributed by atoms with Crippen LogP contribution in [-0.4, -0.2) is 41.2 Å². The minimum absolute atomic E-state index is 0.0672. The van der Waals surface area contributed by atoms with Crippen LogP contribution in [0, 0.1) is 6.92 Å². The molecule has 4 rings (SSSR count). The third kappa shape index (κ3) is 5.99. The van der Waals surface area contributed by atoms with Crippen molar-refractivity contribution in [2.24, 2.45) is 7.05 Å². The SMILES string of the molecule is CC(=O)CC[C@H](C)c1cn(S(=O)(=O)c2ccc(C)cc2)c2cc(Cl)c(OCCOc3ccn(C)n3)cc12. The van der Waals surface area contributed by atoms with Crippen LogP contribution in [0.15, 0.2) is 59.8 Å². The number of ketones is 1. The van der Waals surface area contributed by atoms with E-state index in [1.54, 1.807) is 73.5 Å². The first-order chi connectivity index (χ1) is 17.6.